The van der Waals surface area contributed by atoms with Crippen LogP contribution in [0.5, 0.6) is 0 Å². The SMILES string of the molecule is CC1(C)C[C@](O)(CNCc2cccs2)CCO1. The lowest BCUT2D eigenvalue weighted by atomic mass is 9.84. The average molecular weight is 255 g/mol. The molecule has 1 aliphatic heterocycles. The van der Waals surface area contributed by atoms with Crippen LogP contribution >= 0.6 is 11.3 Å². The predicted octanol–water partition coefficient (Wildman–Crippen LogP) is 2.16. The number of nitrogens with one attached hydrogen (secondary N) is 1. The summed E-state index contributed by atoms with van der Waals surface area (Å²) in [6.45, 7) is 6.19. The molecule has 96 valence electrons. The van der Waals surface area contributed by atoms with Crippen LogP contribution in [-0.4, -0.2) is 29.5 Å². The lowest BCUT2D eigenvalue weighted by molar-refractivity contribution is -0.142. The third-order valence-electron chi connectivity index (χ3n) is 3.15. The Morgan fingerprint density at radius 2 is 2.35 bits per heavy atom. The first-order valence-electron chi connectivity index (χ1n) is 6.09. The molecule has 1 fully saturated rings. The van der Waals surface area contributed by atoms with Gasteiger partial charge in [0.1, 0.15) is 0 Å². The Morgan fingerprint density at radius 3 is 3.00 bits per heavy atom. The highest BCUT2D eigenvalue weighted by Crippen LogP contribution is 2.31. The van der Waals surface area contributed by atoms with Gasteiger partial charge < -0.3 is 15.2 Å². The molecule has 0 saturated carbocycles. The lowest BCUT2D eigenvalue weighted by Crippen LogP contribution is -2.51. The minimum Gasteiger partial charge on any atom is -0.388 e. The minimum absolute atomic E-state index is 0.211. The fraction of sp³-hybridized carbons (Fsp3) is 0.692. The Morgan fingerprint density at radius 1 is 1.53 bits per heavy atom. The summed E-state index contributed by atoms with van der Waals surface area (Å²) in [5.41, 5.74) is -0.837. The molecule has 17 heavy (non-hydrogen) atoms. The van der Waals surface area contributed by atoms with Crippen molar-refractivity contribution in [3.8, 4) is 0 Å². The van der Waals surface area contributed by atoms with Crippen molar-refractivity contribution in [2.75, 3.05) is 13.2 Å². The van der Waals surface area contributed by atoms with Crippen molar-refractivity contribution in [2.45, 2.75) is 44.4 Å². The lowest BCUT2D eigenvalue weighted by Gasteiger charge is -2.41. The van der Waals surface area contributed by atoms with Gasteiger partial charge in [0.2, 0.25) is 0 Å². The summed E-state index contributed by atoms with van der Waals surface area (Å²) in [6, 6.07) is 4.16. The highest BCUT2D eigenvalue weighted by atomic mass is 32.1. The van der Waals surface area contributed by atoms with Crippen molar-refractivity contribution in [3.63, 3.8) is 0 Å². The topological polar surface area (TPSA) is 41.5 Å². The molecule has 1 saturated heterocycles. The zero-order valence-electron chi connectivity index (χ0n) is 10.5. The van der Waals surface area contributed by atoms with E-state index in [1.165, 1.54) is 4.88 Å². The van der Waals surface area contributed by atoms with Crippen LogP contribution in [0.4, 0.5) is 0 Å². The number of hydrogen-bond donors (Lipinski definition) is 2. The van der Waals surface area contributed by atoms with Gasteiger partial charge in [-0.2, -0.15) is 0 Å². The summed E-state index contributed by atoms with van der Waals surface area (Å²) in [4.78, 5) is 1.31. The molecule has 4 heteroatoms. The summed E-state index contributed by atoms with van der Waals surface area (Å²) < 4.78 is 5.63. The maximum atomic E-state index is 10.5. The molecule has 1 aromatic rings. The molecule has 0 unspecified atom stereocenters. The molecule has 0 bridgehead atoms. The van der Waals surface area contributed by atoms with E-state index in [4.69, 9.17) is 4.74 Å². The van der Waals surface area contributed by atoms with Gasteiger partial charge in [0, 0.05) is 30.8 Å². The second-order valence-electron chi connectivity index (χ2n) is 5.44. The molecule has 0 spiro atoms. The van der Waals surface area contributed by atoms with E-state index in [1.807, 2.05) is 19.9 Å². The van der Waals surface area contributed by atoms with E-state index in [9.17, 15) is 5.11 Å². The fourth-order valence-corrected chi connectivity index (χ4v) is 3.11. The van der Waals surface area contributed by atoms with Gasteiger partial charge in [-0.3, -0.25) is 0 Å². The quantitative estimate of drug-likeness (QED) is 0.866. The summed E-state index contributed by atoms with van der Waals surface area (Å²) in [5.74, 6) is 0. The van der Waals surface area contributed by atoms with Crippen molar-refractivity contribution >= 4 is 11.3 Å². The van der Waals surface area contributed by atoms with E-state index in [0.717, 1.165) is 6.54 Å². The van der Waals surface area contributed by atoms with Gasteiger partial charge in [-0.25, -0.2) is 0 Å². The Balaban J connectivity index is 1.81. The number of thiophene rings is 1. The van der Waals surface area contributed by atoms with Crippen LogP contribution < -0.4 is 5.32 Å². The van der Waals surface area contributed by atoms with Crippen LogP contribution in [0.25, 0.3) is 0 Å². The molecule has 0 aliphatic carbocycles. The Bertz CT molecular complexity index is 350. The van der Waals surface area contributed by atoms with Crippen molar-refractivity contribution in [2.24, 2.45) is 0 Å². The second-order valence-corrected chi connectivity index (χ2v) is 6.47. The Kier molecular flexibility index (Phi) is 3.88. The van der Waals surface area contributed by atoms with Gasteiger partial charge in [0.15, 0.2) is 0 Å². The fourth-order valence-electron chi connectivity index (χ4n) is 2.43. The second kappa shape index (κ2) is 5.06. The van der Waals surface area contributed by atoms with E-state index in [0.29, 0.717) is 26.0 Å². The summed E-state index contributed by atoms with van der Waals surface area (Å²) in [7, 11) is 0. The third-order valence-corrected chi connectivity index (χ3v) is 4.02. The van der Waals surface area contributed by atoms with Crippen LogP contribution in [-0.2, 0) is 11.3 Å². The molecule has 0 radical (unpaired) electrons. The first-order valence-corrected chi connectivity index (χ1v) is 6.97. The van der Waals surface area contributed by atoms with Crippen LogP contribution in [0, 0.1) is 0 Å². The smallest absolute Gasteiger partial charge is 0.0820 e. The molecule has 0 aromatic carbocycles. The highest BCUT2D eigenvalue weighted by molar-refractivity contribution is 7.09. The molecule has 3 nitrogen and oxygen atoms in total. The predicted molar refractivity (Wildman–Crippen MR) is 70.2 cm³/mol. The summed E-state index contributed by atoms with van der Waals surface area (Å²) >= 11 is 1.74. The summed E-state index contributed by atoms with van der Waals surface area (Å²) in [6.07, 6.45) is 1.41. The van der Waals surface area contributed by atoms with Crippen molar-refractivity contribution in [1.29, 1.82) is 0 Å². The number of aliphatic hydroxyl groups is 1. The molecule has 2 N–H and O–H groups in total. The minimum atomic E-state index is -0.626. The van der Waals surface area contributed by atoms with Crippen molar-refractivity contribution < 1.29 is 9.84 Å². The normalized spacial score (nSPS) is 28.2. The van der Waals surface area contributed by atoms with E-state index in [1.54, 1.807) is 11.3 Å². The molecule has 0 amide bonds. The molecular formula is C13H21NO2S. The molecular weight excluding hydrogens is 234 g/mol. The van der Waals surface area contributed by atoms with E-state index in [-0.39, 0.29) is 5.60 Å². The van der Waals surface area contributed by atoms with Gasteiger partial charge in [0.25, 0.3) is 0 Å². The highest BCUT2D eigenvalue weighted by Gasteiger charge is 2.38. The number of rotatable bonds is 4. The number of ether oxygens (including phenoxy) is 1. The zero-order chi connectivity index (χ0) is 12.4. The van der Waals surface area contributed by atoms with E-state index >= 15 is 0 Å². The first-order chi connectivity index (χ1) is 7.99. The van der Waals surface area contributed by atoms with Crippen molar-refractivity contribution in [1.82, 2.24) is 5.32 Å². The van der Waals surface area contributed by atoms with Gasteiger partial charge in [-0.1, -0.05) is 6.07 Å². The molecule has 1 atom stereocenters. The zero-order valence-corrected chi connectivity index (χ0v) is 11.3. The van der Waals surface area contributed by atoms with Gasteiger partial charge in [-0.15, -0.1) is 11.3 Å². The van der Waals surface area contributed by atoms with Crippen LogP contribution in [0.3, 0.4) is 0 Å². The maximum absolute atomic E-state index is 10.5. The largest absolute Gasteiger partial charge is 0.388 e. The molecule has 1 aliphatic rings. The van der Waals surface area contributed by atoms with E-state index < -0.39 is 5.60 Å². The monoisotopic (exact) mass is 255 g/mol. The molecule has 2 rings (SSSR count). The number of hydrogen-bond acceptors (Lipinski definition) is 4. The summed E-state index contributed by atoms with van der Waals surface area (Å²) in [5, 5.41) is 15.9. The maximum Gasteiger partial charge on any atom is 0.0820 e. The van der Waals surface area contributed by atoms with E-state index in [2.05, 4.69) is 16.8 Å². The first kappa shape index (κ1) is 13.0. The Labute approximate surface area is 107 Å². The van der Waals surface area contributed by atoms with Crippen molar-refractivity contribution in [3.05, 3.63) is 22.4 Å². The van der Waals surface area contributed by atoms with Gasteiger partial charge in [-0.05, 0) is 25.3 Å². The van der Waals surface area contributed by atoms with Gasteiger partial charge in [0.05, 0.1) is 17.8 Å². The standard InChI is InChI=1S/C13H21NO2S/c1-12(2)9-13(15,5-6-16-12)10-14-8-11-4-3-7-17-11/h3-4,7,14-15H,5-6,8-10H2,1-2H3/t13-/m0/s1. The Hall–Kier alpha value is -0.420. The van der Waals surface area contributed by atoms with Gasteiger partial charge >= 0.3 is 0 Å². The van der Waals surface area contributed by atoms with Crippen LogP contribution in [0.1, 0.15) is 31.6 Å². The van der Waals surface area contributed by atoms with Crippen LogP contribution in [0.2, 0.25) is 0 Å². The third kappa shape index (κ3) is 3.78. The molecule has 2 heterocycles. The van der Waals surface area contributed by atoms with Crippen LogP contribution in [0.15, 0.2) is 17.5 Å². The average Bonchev–Trinajstić information content (AvgIpc) is 2.68. The molecule has 1 aromatic heterocycles.